The maximum atomic E-state index is 13.5. The van der Waals surface area contributed by atoms with Gasteiger partial charge in [-0.25, -0.2) is 4.39 Å². The summed E-state index contributed by atoms with van der Waals surface area (Å²) >= 11 is 13.1. The van der Waals surface area contributed by atoms with Crippen LogP contribution in [0.2, 0.25) is 10.0 Å². The minimum absolute atomic E-state index is 0.0644. The van der Waals surface area contributed by atoms with Gasteiger partial charge in [-0.2, -0.15) is 0 Å². The van der Waals surface area contributed by atoms with E-state index in [1.165, 1.54) is 30.0 Å². The summed E-state index contributed by atoms with van der Waals surface area (Å²) in [4.78, 5) is 26.4. The van der Waals surface area contributed by atoms with Crippen LogP contribution in [0.5, 0.6) is 0 Å². The maximum Gasteiger partial charge on any atom is 0.242 e. The van der Waals surface area contributed by atoms with Crippen LogP contribution in [0.4, 0.5) is 15.8 Å². The predicted molar refractivity (Wildman–Crippen MR) is 145 cm³/mol. The lowest BCUT2D eigenvalue weighted by atomic mass is 10.1. The van der Waals surface area contributed by atoms with Crippen molar-refractivity contribution in [1.82, 2.24) is 0 Å². The van der Waals surface area contributed by atoms with Gasteiger partial charge in [0.1, 0.15) is 11.1 Å². The van der Waals surface area contributed by atoms with Crippen LogP contribution in [0.3, 0.4) is 0 Å². The third-order valence-corrected chi connectivity index (χ3v) is 7.01. The molecule has 0 aromatic heterocycles. The Bertz CT molecular complexity index is 1350. The Morgan fingerprint density at radius 1 is 0.806 bits per heavy atom. The van der Waals surface area contributed by atoms with E-state index in [0.717, 1.165) is 16.0 Å². The van der Waals surface area contributed by atoms with Crippen molar-refractivity contribution in [3.8, 4) is 0 Å². The molecule has 0 radical (unpaired) electrons. The fourth-order valence-electron chi connectivity index (χ4n) is 3.43. The predicted octanol–water partition coefficient (Wildman–Crippen LogP) is 7.79. The fraction of sp³-hybridized carbons (Fsp3) is 0.0714. The molecule has 1 atom stereocenters. The Labute approximate surface area is 222 Å². The molecule has 0 aliphatic rings. The van der Waals surface area contributed by atoms with Gasteiger partial charge >= 0.3 is 0 Å². The number of benzene rings is 4. The van der Waals surface area contributed by atoms with Crippen molar-refractivity contribution in [3.63, 3.8) is 0 Å². The minimum atomic E-state index is -0.569. The van der Waals surface area contributed by atoms with Crippen LogP contribution in [0.1, 0.15) is 16.4 Å². The van der Waals surface area contributed by atoms with Gasteiger partial charge in [-0.15, -0.1) is 11.8 Å². The second kappa shape index (κ2) is 12.1. The summed E-state index contributed by atoms with van der Waals surface area (Å²) < 4.78 is 13.5. The molecule has 0 aliphatic carbocycles. The summed E-state index contributed by atoms with van der Waals surface area (Å²) in [7, 11) is 0. The molecule has 0 bridgehead atoms. The summed E-state index contributed by atoms with van der Waals surface area (Å²) in [5.74, 6) is -0.963. The monoisotopic (exact) mass is 538 g/mol. The van der Waals surface area contributed by atoms with Crippen molar-refractivity contribution in [3.05, 3.63) is 124 Å². The lowest BCUT2D eigenvalue weighted by molar-refractivity contribution is -0.116. The highest BCUT2D eigenvalue weighted by Gasteiger charge is 2.22. The number of anilines is 2. The lowest BCUT2D eigenvalue weighted by Crippen LogP contribution is -2.19. The summed E-state index contributed by atoms with van der Waals surface area (Å²) in [5.41, 5.74) is 2.74. The van der Waals surface area contributed by atoms with E-state index >= 15 is 0 Å². The molecule has 4 rings (SSSR count). The number of carbonyl (C=O) groups excluding carboxylic acids is 2. The molecule has 182 valence electrons. The van der Waals surface area contributed by atoms with Crippen molar-refractivity contribution in [1.29, 1.82) is 0 Å². The van der Waals surface area contributed by atoms with E-state index in [1.54, 1.807) is 24.3 Å². The van der Waals surface area contributed by atoms with Gasteiger partial charge < -0.3 is 10.6 Å². The zero-order valence-electron chi connectivity index (χ0n) is 18.9. The number of hydrogen-bond acceptors (Lipinski definition) is 3. The SMILES string of the molecule is O=C(Cc1ccc(Cl)cc1)Nc1ccc(SC(C(=O)Nc2ccc(F)c(Cl)c2)c2ccccc2)cc1. The number of carbonyl (C=O) groups is 2. The van der Waals surface area contributed by atoms with Crippen molar-refractivity contribution >= 4 is 58.2 Å². The van der Waals surface area contributed by atoms with E-state index in [1.807, 2.05) is 54.6 Å². The third-order valence-electron chi connectivity index (χ3n) is 5.20. The number of amides is 2. The molecular formula is C28H21Cl2FN2O2S. The molecular weight excluding hydrogens is 518 g/mol. The zero-order chi connectivity index (χ0) is 25.5. The molecule has 1 unspecified atom stereocenters. The van der Waals surface area contributed by atoms with Crippen LogP contribution >= 0.6 is 35.0 Å². The smallest absolute Gasteiger partial charge is 0.242 e. The molecule has 2 N–H and O–H groups in total. The first-order chi connectivity index (χ1) is 17.4. The molecule has 36 heavy (non-hydrogen) atoms. The fourth-order valence-corrected chi connectivity index (χ4v) is 4.76. The van der Waals surface area contributed by atoms with Gasteiger partial charge in [-0.1, -0.05) is 65.7 Å². The largest absolute Gasteiger partial charge is 0.326 e. The average molecular weight is 539 g/mol. The highest BCUT2D eigenvalue weighted by Crippen LogP contribution is 2.37. The highest BCUT2D eigenvalue weighted by atomic mass is 35.5. The molecule has 4 nitrogen and oxygen atoms in total. The molecule has 0 saturated carbocycles. The van der Waals surface area contributed by atoms with Crippen molar-refractivity contribution in [2.75, 3.05) is 10.6 Å². The van der Waals surface area contributed by atoms with E-state index in [9.17, 15) is 14.0 Å². The van der Waals surface area contributed by atoms with E-state index in [0.29, 0.717) is 16.4 Å². The van der Waals surface area contributed by atoms with Crippen LogP contribution < -0.4 is 10.6 Å². The Morgan fingerprint density at radius 3 is 2.14 bits per heavy atom. The molecule has 0 heterocycles. The molecule has 4 aromatic carbocycles. The van der Waals surface area contributed by atoms with Crippen LogP contribution in [0, 0.1) is 5.82 Å². The van der Waals surface area contributed by atoms with Gasteiger partial charge in [0.2, 0.25) is 11.8 Å². The first kappa shape index (κ1) is 25.8. The normalized spacial score (nSPS) is 11.5. The lowest BCUT2D eigenvalue weighted by Gasteiger charge is -2.17. The van der Waals surface area contributed by atoms with E-state index in [4.69, 9.17) is 23.2 Å². The van der Waals surface area contributed by atoms with Gasteiger partial charge in [-0.3, -0.25) is 9.59 Å². The standard InChI is InChI=1S/C28H21Cl2FN2O2S/c29-20-8-6-18(7-9-20)16-26(34)32-21-10-13-23(14-11-21)36-27(19-4-2-1-3-5-19)28(35)33-22-12-15-25(31)24(30)17-22/h1-15,17,27H,16H2,(H,32,34)(H,33,35). The van der Waals surface area contributed by atoms with E-state index in [2.05, 4.69) is 10.6 Å². The van der Waals surface area contributed by atoms with Crippen LogP contribution in [-0.4, -0.2) is 11.8 Å². The second-order valence-corrected chi connectivity index (χ2v) is 9.92. The summed E-state index contributed by atoms with van der Waals surface area (Å²) in [5, 5.41) is 5.68. The molecule has 0 aliphatic heterocycles. The Morgan fingerprint density at radius 2 is 1.47 bits per heavy atom. The first-order valence-corrected chi connectivity index (χ1v) is 12.6. The molecule has 4 aromatic rings. The van der Waals surface area contributed by atoms with Crippen LogP contribution in [0.25, 0.3) is 0 Å². The minimum Gasteiger partial charge on any atom is -0.326 e. The van der Waals surface area contributed by atoms with Gasteiger partial charge in [0.15, 0.2) is 0 Å². The number of rotatable bonds is 8. The quantitative estimate of drug-likeness (QED) is 0.225. The molecule has 0 fully saturated rings. The number of thioether (sulfide) groups is 1. The summed E-state index contributed by atoms with van der Waals surface area (Å²) in [6.07, 6.45) is 0.233. The Balaban J connectivity index is 1.44. The van der Waals surface area contributed by atoms with Gasteiger partial charge in [0, 0.05) is 21.3 Å². The number of halogens is 3. The third kappa shape index (κ3) is 7.10. The van der Waals surface area contributed by atoms with E-state index < -0.39 is 11.1 Å². The number of hydrogen-bond donors (Lipinski definition) is 2. The van der Waals surface area contributed by atoms with E-state index in [-0.39, 0.29) is 23.3 Å². The van der Waals surface area contributed by atoms with Gasteiger partial charge in [0.25, 0.3) is 0 Å². The van der Waals surface area contributed by atoms with Crippen LogP contribution in [-0.2, 0) is 16.0 Å². The summed E-state index contributed by atoms with van der Waals surface area (Å²) in [6, 6.07) is 27.8. The van der Waals surface area contributed by atoms with Crippen LogP contribution in [0.15, 0.2) is 102 Å². The van der Waals surface area contributed by atoms with Gasteiger partial charge in [0.05, 0.1) is 11.4 Å². The molecule has 0 spiro atoms. The maximum absolute atomic E-state index is 13.5. The van der Waals surface area contributed by atoms with Crippen molar-refractivity contribution in [2.24, 2.45) is 0 Å². The van der Waals surface area contributed by atoms with Crippen molar-refractivity contribution < 1.29 is 14.0 Å². The Hall–Kier alpha value is -3.32. The molecule has 2 amide bonds. The Kier molecular flexibility index (Phi) is 8.65. The number of nitrogens with one attached hydrogen (secondary N) is 2. The average Bonchev–Trinajstić information content (AvgIpc) is 2.87. The summed E-state index contributed by atoms with van der Waals surface area (Å²) in [6.45, 7) is 0. The molecule has 0 saturated heterocycles. The topological polar surface area (TPSA) is 58.2 Å². The van der Waals surface area contributed by atoms with Crippen molar-refractivity contribution in [2.45, 2.75) is 16.6 Å². The zero-order valence-corrected chi connectivity index (χ0v) is 21.2. The second-order valence-electron chi connectivity index (χ2n) is 7.90. The highest BCUT2D eigenvalue weighted by molar-refractivity contribution is 8.00. The molecule has 8 heteroatoms. The van der Waals surface area contributed by atoms with Gasteiger partial charge in [-0.05, 0) is 65.7 Å². The first-order valence-electron chi connectivity index (χ1n) is 11.0.